The molecule has 1 aromatic heterocycles. The lowest BCUT2D eigenvalue weighted by Gasteiger charge is -2.39. The maximum atomic E-state index is 13.0. The first-order chi connectivity index (χ1) is 22.4. The van der Waals surface area contributed by atoms with Gasteiger partial charge in [0, 0.05) is 44.3 Å². The first-order valence-corrected chi connectivity index (χ1v) is 15.7. The number of amides is 3. The highest BCUT2D eigenvalue weighted by Gasteiger charge is 2.28. The molecule has 6 rings (SSSR count). The zero-order valence-electron chi connectivity index (χ0n) is 25.8. The van der Waals surface area contributed by atoms with Crippen LogP contribution in [-0.2, 0) is 17.8 Å². The minimum Gasteiger partial charge on any atom is -0.352 e. The van der Waals surface area contributed by atoms with E-state index in [-0.39, 0.29) is 30.2 Å². The Morgan fingerprint density at radius 1 is 0.913 bits per heavy atom. The van der Waals surface area contributed by atoms with Crippen molar-refractivity contribution in [1.29, 1.82) is 0 Å². The van der Waals surface area contributed by atoms with Crippen LogP contribution in [-0.4, -0.2) is 73.9 Å². The van der Waals surface area contributed by atoms with E-state index in [1.54, 1.807) is 24.4 Å². The average Bonchev–Trinajstić information content (AvgIpc) is 3.77. The van der Waals surface area contributed by atoms with Crippen molar-refractivity contribution in [3.8, 4) is 11.3 Å². The van der Waals surface area contributed by atoms with Crippen LogP contribution < -0.4 is 11.1 Å². The van der Waals surface area contributed by atoms with E-state index in [0.717, 1.165) is 32.4 Å². The van der Waals surface area contributed by atoms with Gasteiger partial charge in [0.15, 0.2) is 0 Å². The molecule has 1 saturated heterocycles. The Bertz CT molecular complexity index is 1580. The molecule has 4 aromatic rings. The summed E-state index contributed by atoms with van der Waals surface area (Å²) in [7, 11) is 0. The van der Waals surface area contributed by atoms with E-state index < -0.39 is 4.92 Å². The van der Waals surface area contributed by atoms with E-state index >= 15 is 0 Å². The number of primary amides is 1. The van der Waals surface area contributed by atoms with Crippen LogP contribution in [0, 0.1) is 10.1 Å². The summed E-state index contributed by atoms with van der Waals surface area (Å²) in [5.74, 6) is -0.0435. The minimum atomic E-state index is -0.445. The Balaban J connectivity index is 0.000000400. The lowest BCUT2D eigenvalue weighted by molar-refractivity contribution is -0.384. The highest BCUT2D eigenvalue weighted by Crippen LogP contribution is 2.28. The molecule has 240 valence electrons. The summed E-state index contributed by atoms with van der Waals surface area (Å²) in [6, 6.07) is 27.6. The zero-order valence-corrected chi connectivity index (χ0v) is 25.8. The van der Waals surface area contributed by atoms with Crippen molar-refractivity contribution in [3.05, 3.63) is 112 Å². The second kappa shape index (κ2) is 15.8. The average molecular weight is 625 g/mol. The van der Waals surface area contributed by atoms with Crippen molar-refractivity contribution >= 4 is 17.6 Å². The third-order valence-electron chi connectivity index (χ3n) is 8.48. The van der Waals surface area contributed by atoms with Crippen LogP contribution in [0.25, 0.3) is 11.3 Å². The molecule has 12 heteroatoms. The molecule has 46 heavy (non-hydrogen) atoms. The first-order valence-electron chi connectivity index (χ1n) is 15.7. The van der Waals surface area contributed by atoms with Crippen LogP contribution in [0.4, 0.5) is 10.5 Å². The predicted octanol–water partition coefficient (Wildman–Crippen LogP) is 4.58. The molecule has 1 saturated carbocycles. The van der Waals surface area contributed by atoms with E-state index in [2.05, 4.69) is 69.1 Å². The van der Waals surface area contributed by atoms with E-state index in [0.29, 0.717) is 30.4 Å². The number of hydrogen-bond donors (Lipinski definition) is 2. The maximum Gasteiger partial charge on any atom is 0.312 e. The summed E-state index contributed by atoms with van der Waals surface area (Å²) < 4.78 is 1.45. The molecular weight excluding hydrogens is 584 g/mol. The molecule has 3 aromatic carbocycles. The monoisotopic (exact) mass is 624 g/mol. The number of nitrogens with one attached hydrogen (secondary N) is 1. The highest BCUT2D eigenvalue weighted by molar-refractivity contribution is 5.76. The van der Waals surface area contributed by atoms with Crippen molar-refractivity contribution in [1.82, 2.24) is 30.1 Å². The van der Waals surface area contributed by atoms with Gasteiger partial charge in [-0.2, -0.15) is 0 Å². The zero-order chi connectivity index (χ0) is 32.3. The minimum absolute atomic E-state index is 0.0412. The molecule has 12 nitrogen and oxygen atoms in total. The molecule has 1 unspecified atom stereocenters. The number of carbonyl (C=O) groups is 2. The molecule has 2 aliphatic rings. The van der Waals surface area contributed by atoms with Crippen LogP contribution in [0.3, 0.4) is 0 Å². The third kappa shape index (κ3) is 8.75. The van der Waals surface area contributed by atoms with Gasteiger partial charge < -0.3 is 16.0 Å². The smallest absolute Gasteiger partial charge is 0.312 e. The Labute approximate surface area is 268 Å². The van der Waals surface area contributed by atoms with Crippen molar-refractivity contribution in [3.63, 3.8) is 0 Å². The maximum absolute atomic E-state index is 13.0. The van der Waals surface area contributed by atoms with Gasteiger partial charge in [-0.3, -0.25) is 19.8 Å². The summed E-state index contributed by atoms with van der Waals surface area (Å²) >= 11 is 0. The number of nitro groups is 1. The molecular formula is C34H40N8O4. The molecule has 3 amide bonds. The topological polar surface area (TPSA) is 153 Å². The Hall–Kier alpha value is -5.10. The Kier molecular flexibility index (Phi) is 11.1. The number of hydrogen-bond acceptors (Lipinski definition) is 7. The number of nitro benzene ring substituents is 1. The van der Waals surface area contributed by atoms with Crippen LogP contribution in [0.1, 0.15) is 42.9 Å². The first kappa shape index (κ1) is 32.3. The van der Waals surface area contributed by atoms with E-state index in [1.807, 2.05) is 17.0 Å². The number of carbonyl (C=O) groups excluding carboxylic acids is 2. The SMILES string of the molecule is NC(=O)NC1CCCC1.O=C(Cn1cc(-c2ccccc2[N+](=O)[O-])nn1)N1CCN(C(Cc2ccccc2)c2ccccc2)CC1. The molecule has 0 spiro atoms. The normalized spacial score (nSPS) is 15.9. The van der Waals surface area contributed by atoms with Gasteiger partial charge >= 0.3 is 6.03 Å². The Morgan fingerprint density at radius 2 is 1.54 bits per heavy atom. The number of nitrogens with two attached hydrogens (primary N) is 1. The fourth-order valence-corrected chi connectivity index (χ4v) is 6.11. The van der Waals surface area contributed by atoms with E-state index in [1.165, 1.54) is 34.7 Å². The lowest BCUT2D eigenvalue weighted by Crippen LogP contribution is -2.50. The molecule has 1 aliphatic carbocycles. The number of nitrogens with zero attached hydrogens (tertiary/aromatic N) is 6. The highest BCUT2D eigenvalue weighted by atomic mass is 16.6. The number of rotatable bonds is 9. The van der Waals surface area contributed by atoms with Gasteiger partial charge in [0.2, 0.25) is 5.91 Å². The predicted molar refractivity (Wildman–Crippen MR) is 175 cm³/mol. The number of benzene rings is 3. The number of piperazine rings is 1. The van der Waals surface area contributed by atoms with Crippen LogP contribution in [0.15, 0.2) is 91.1 Å². The molecule has 0 bridgehead atoms. The van der Waals surface area contributed by atoms with Gasteiger partial charge in [0.25, 0.3) is 5.69 Å². The fourth-order valence-electron chi connectivity index (χ4n) is 6.11. The van der Waals surface area contributed by atoms with Crippen LogP contribution in [0.2, 0.25) is 0 Å². The molecule has 1 atom stereocenters. The number of para-hydroxylation sites is 1. The Morgan fingerprint density at radius 3 is 2.20 bits per heavy atom. The summed E-state index contributed by atoms with van der Waals surface area (Å²) in [5.41, 5.74) is 8.19. The van der Waals surface area contributed by atoms with E-state index in [4.69, 9.17) is 5.73 Å². The van der Waals surface area contributed by atoms with Gasteiger partial charge in [0.05, 0.1) is 16.7 Å². The summed E-state index contributed by atoms with van der Waals surface area (Å²) in [6.07, 6.45) is 7.15. The molecule has 2 fully saturated rings. The molecule has 0 radical (unpaired) electrons. The van der Waals surface area contributed by atoms with E-state index in [9.17, 15) is 19.7 Å². The second-order valence-electron chi connectivity index (χ2n) is 11.6. The molecule has 1 aliphatic heterocycles. The number of aromatic nitrogens is 3. The number of urea groups is 1. The quantitative estimate of drug-likeness (QED) is 0.204. The standard InChI is InChI=1S/C28H28N6O3.C6H12N2O/c35-28(21-33-20-25(29-30-33)24-13-7-8-14-26(24)34(36)37)32-17-15-31(16-18-32)27(23-11-5-2-6-12-23)19-22-9-3-1-4-10-22;7-6(9)8-5-3-1-2-4-5/h1-14,20,27H,15-19,21H2;5H,1-4H2,(H3,7,8,9). The molecule has 3 N–H and O–H groups in total. The largest absolute Gasteiger partial charge is 0.352 e. The fraction of sp³-hybridized carbons (Fsp3) is 0.353. The summed E-state index contributed by atoms with van der Waals surface area (Å²) in [6.45, 7) is 2.85. The van der Waals surface area contributed by atoms with Crippen molar-refractivity contribution in [2.45, 2.75) is 50.7 Å². The van der Waals surface area contributed by atoms with Crippen molar-refractivity contribution in [2.75, 3.05) is 26.2 Å². The van der Waals surface area contributed by atoms with Crippen molar-refractivity contribution < 1.29 is 14.5 Å². The lowest BCUT2D eigenvalue weighted by atomic mass is 9.96. The van der Waals surface area contributed by atoms with Crippen LogP contribution >= 0.6 is 0 Å². The van der Waals surface area contributed by atoms with Gasteiger partial charge in [0.1, 0.15) is 12.2 Å². The van der Waals surface area contributed by atoms with Gasteiger partial charge in [-0.1, -0.05) is 90.9 Å². The molecule has 2 heterocycles. The van der Waals surface area contributed by atoms with Gasteiger partial charge in [-0.05, 0) is 36.5 Å². The second-order valence-corrected chi connectivity index (χ2v) is 11.6. The van der Waals surface area contributed by atoms with Crippen molar-refractivity contribution in [2.24, 2.45) is 5.73 Å². The summed E-state index contributed by atoms with van der Waals surface area (Å²) in [4.78, 5) is 38.5. The van der Waals surface area contributed by atoms with Gasteiger partial charge in [-0.15, -0.1) is 5.10 Å². The third-order valence-corrected chi connectivity index (χ3v) is 8.48. The van der Waals surface area contributed by atoms with Gasteiger partial charge in [-0.25, -0.2) is 9.48 Å². The summed E-state index contributed by atoms with van der Waals surface area (Å²) in [5, 5.41) is 22.1. The van der Waals surface area contributed by atoms with Crippen LogP contribution in [0.5, 0.6) is 0 Å².